The van der Waals surface area contributed by atoms with Crippen LogP contribution in [0.1, 0.15) is 37.0 Å². The van der Waals surface area contributed by atoms with E-state index >= 15 is 0 Å². The van der Waals surface area contributed by atoms with E-state index in [1.165, 1.54) is 12.1 Å². The highest BCUT2D eigenvalue weighted by atomic mass is 35.5. The molecule has 0 fully saturated rings. The number of methoxy groups -OCH3 is 1. The van der Waals surface area contributed by atoms with Crippen molar-refractivity contribution in [1.82, 2.24) is 0 Å². The van der Waals surface area contributed by atoms with Crippen LogP contribution in [0.15, 0.2) is 18.2 Å². The Balaban J connectivity index is 2.71. The van der Waals surface area contributed by atoms with E-state index in [1.807, 2.05) is 13.8 Å². The Bertz CT molecular complexity index is 416. The molecular weight excluding hydrogens is 243 g/mol. The van der Waals surface area contributed by atoms with E-state index in [0.717, 1.165) is 6.07 Å². The quantitative estimate of drug-likeness (QED) is 0.750. The second-order valence-electron chi connectivity index (χ2n) is 4.51. The Kier molecular flexibility index (Phi) is 4.66. The first-order chi connectivity index (χ1) is 7.85. The maximum Gasteiger partial charge on any atom is 0.165 e. The second kappa shape index (κ2) is 5.61. The van der Waals surface area contributed by atoms with Gasteiger partial charge in [-0.2, -0.15) is 0 Å². The van der Waals surface area contributed by atoms with Gasteiger partial charge in [-0.25, -0.2) is 4.39 Å². The number of carbonyl (C=O) groups excluding carboxylic acids is 1. The molecule has 0 amide bonds. The van der Waals surface area contributed by atoms with Crippen LogP contribution in [0.4, 0.5) is 4.39 Å². The van der Waals surface area contributed by atoms with Crippen molar-refractivity contribution in [3.05, 3.63) is 34.6 Å². The van der Waals surface area contributed by atoms with E-state index in [-0.39, 0.29) is 28.4 Å². The molecule has 2 nitrogen and oxygen atoms in total. The van der Waals surface area contributed by atoms with Gasteiger partial charge in [-0.3, -0.25) is 4.79 Å². The molecule has 0 aliphatic rings. The third kappa shape index (κ3) is 4.10. The molecule has 0 spiro atoms. The Morgan fingerprint density at radius 1 is 1.47 bits per heavy atom. The van der Waals surface area contributed by atoms with Crippen molar-refractivity contribution < 1.29 is 13.9 Å². The zero-order chi connectivity index (χ0) is 13.1. The van der Waals surface area contributed by atoms with E-state index in [2.05, 4.69) is 0 Å². The molecule has 1 aromatic carbocycles. The highest BCUT2D eigenvalue weighted by Gasteiger charge is 2.20. The molecule has 0 unspecified atom stereocenters. The minimum atomic E-state index is -0.572. The van der Waals surface area contributed by atoms with Crippen LogP contribution in [0, 0.1) is 5.82 Å². The number of rotatable bonds is 5. The molecule has 0 heterocycles. The molecule has 0 aromatic heterocycles. The number of ketones is 1. The summed E-state index contributed by atoms with van der Waals surface area (Å²) in [5, 5.41) is 0.288. The van der Waals surface area contributed by atoms with Gasteiger partial charge in [0, 0.05) is 18.6 Å². The Labute approximate surface area is 106 Å². The van der Waals surface area contributed by atoms with E-state index in [1.54, 1.807) is 7.11 Å². The molecule has 0 saturated heterocycles. The molecule has 0 saturated carbocycles. The van der Waals surface area contributed by atoms with Gasteiger partial charge in [-0.05, 0) is 38.5 Å². The van der Waals surface area contributed by atoms with Gasteiger partial charge in [0.1, 0.15) is 5.82 Å². The fourth-order valence-corrected chi connectivity index (χ4v) is 1.53. The molecule has 0 atom stereocenters. The molecule has 0 bridgehead atoms. The van der Waals surface area contributed by atoms with Gasteiger partial charge in [-0.1, -0.05) is 11.6 Å². The molecular formula is C13H16ClFO2. The maximum absolute atomic E-state index is 13.5. The zero-order valence-electron chi connectivity index (χ0n) is 10.2. The standard InChI is InChI=1S/C13H16ClFO2/c1-13(2,17-3)7-6-12(16)10-5-4-9(14)8-11(10)15/h4-5,8H,6-7H2,1-3H3. The van der Waals surface area contributed by atoms with E-state index in [4.69, 9.17) is 16.3 Å². The fraction of sp³-hybridized carbons (Fsp3) is 0.462. The molecule has 94 valence electrons. The van der Waals surface area contributed by atoms with Gasteiger partial charge in [-0.15, -0.1) is 0 Å². The van der Waals surface area contributed by atoms with Crippen LogP contribution in [0.5, 0.6) is 0 Å². The topological polar surface area (TPSA) is 26.3 Å². The van der Waals surface area contributed by atoms with Crippen molar-refractivity contribution in [2.45, 2.75) is 32.3 Å². The largest absolute Gasteiger partial charge is 0.379 e. The molecule has 1 aromatic rings. The van der Waals surface area contributed by atoms with Gasteiger partial charge in [0.2, 0.25) is 0 Å². The SMILES string of the molecule is COC(C)(C)CCC(=O)c1ccc(Cl)cc1F. The number of hydrogen-bond acceptors (Lipinski definition) is 2. The summed E-state index contributed by atoms with van der Waals surface area (Å²) in [6.45, 7) is 3.77. The van der Waals surface area contributed by atoms with Crippen molar-refractivity contribution in [3.63, 3.8) is 0 Å². The lowest BCUT2D eigenvalue weighted by Gasteiger charge is -2.22. The zero-order valence-corrected chi connectivity index (χ0v) is 11.0. The number of hydrogen-bond donors (Lipinski definition) is 0. The molecule has 0 radical (unpaired) electrons. The minimum Gasteiger partial charge on any atom is -0.379 e. The number of ether oxygens (including phenoxy) is 1. The smallest absolute Gasteiger partial charge is 0.165 e. The van der Waals surface area contributed by atoms with Crippen LogP contribution in [-0.4, -0.2) is 18.5 Å². The normalized spacial score (nSPS) is 11.6. The van der Waals surface area contributed by atoms with Crippen LogP contribution in [0.25, 0.3) is 0 Å². The van der Waals surface area contributed by atoms with Crippen LogP contribution < -0.4 is 0 Å². The van der Waals surface area contributed by atoms with Crippen molar-refractivity contribution in [2.24, 2.45) is 0 Å². The van der Waals surface area contributed by atoms with E-state index in [0.29, 0.717) is 6.42 Å². The van der Waals surface area contributed by atoms with Crippen molar-refractivity contribution >= 4 is 17.4 Å². The van der Waals surface area contributed by atoms with Crippen molar-refractivity contribution in [1.29, 1.82) is 0 Å². The van der Waals surface area contributed by atoms with Gasteiger partial charge in [0.15, 0.2) is 5.78 Å². The second-order valence-corrected chi connectivity index (χ2v) is 4.95. The minimum absolute atomic E-state index is 0.0845. The van der Waals surface area contributed by atoms with Gasteiger partial charge in [0.25, 0.3) is 0 Å². The maximum atomic E-state index is 13.5. The summed E-state index contributed by atoms with van der Waals surface area (Å²) >= 11 is 5.62. The molecule has 1 rings (SSSR count). The van der Waals surface area contributed by atoms with Gasteiger partial charge >= 0.3 is 0 Å². The lowest BCUT2D eigenvalue weighted by atomic mass is 9.97. The number of Topliss-reactive ketones (excluding diaryl/α,β-unsaturated/α-hetero) is 1. The molecule has 0 N–H and O–H groups in total. The third-order valence-corrected chi connectivity index (χ3v) is 2.97. The summed E-state index contributed by atoms with van der Waals surface area (Å²) in [6, 6.07) is 4.08. The Morgan fingerprint density at radius 2 is 2.12 bits per heavy atom. The summed E-state index contributed by atoms with van der Waals surface area (Å²) in [5.74, 6) is -0.804. The first kappa shape index (κ1) is 14.1. The van der Waals surface area contributed by atoms with Crippen LogP contribution in [-0.2, 0) is 4.74 Å². The molecule has 17 heavy (non-hydrogen) atoms. The highest BCUT2D eigenvalue weighted by molar-refractivity contribution is 6.30. The molecule has 0 aliphatic carbocycles. The van der Waals surface area contributed by atoms with Gasteiger partial charge in [0.05, 0.1) is 11.2 Å². The van der Waals surface area contributed by atoms with Crippen LogP contribution in [0.3, 0.4) is 0 Å². The Morgan fingerprint density at radius 3 is 2.65 bits per heavy atom. The summed E-state index contributed by atoms with van der Waals surface area (Å²) in [4.78, 5) is 11.8. The predicted molar refractivity (Wildman–Crippen MR) is 66.1 cm³/mol. The first-order valence-electron chi connectivity index (χ1n) is 5.39. The highest BCUT2D eigenvalue weighted by Crippen LogP contribution is 2.20. The summed E-state index contributed by atoms with van der Waals surface area (Å²) in [6.07, 6.45) is 0.795. The van der Waals surface area contributed by atoms with Crippen molar-refractivity contribution in [3.8, 4) is 0 Å². The fourth-order valence-electron chi connectivity index (χ4n) is 1.37. The third-order valence-electron chi connectivity index (χ3n) is 2.74. The van der Waals surface area contributed by atoms with Crippen LogP contribution >= 0.6 is 11.6 Å². The van der Waals surface area contributed by atoms with E-state index in [9.17, 15) is 9.18 Å². The predicted octanol–water partition coefficient (Wildman–Crippen LogP) is 3.87. The molecule has 0 aliphatic heterocycles. The Hall–Kier alpha value is -0.930. The first-order valence-corrected chi connectivity index (χ1v) is 5.77. The van der Waals surface area contributed by atoms with E-state index < -0.39 is 5.82 Å². The van der Waals surface area contributed by atoms with Crippen molar-refractivity contribution in [2.75, 3.05) is 7.11 Å². The van der Waals surface area contributed by atoms with Gasteiger partial charge < -0.3 is 4.74 Å². The summed E-state index contributed by atoms with van der Waals surface area (Å²) in [7, 11) is 1.59. The summed E-state index contributed by atoms with van der Waals surface area (Å²) < 4.78 is 18.7. The lowest BCUT2D eigenvalue weighted by molar-refractivity contribution is 0.0141. The molecule has 4 heteroatoms. The number of carbonyl (C=O) groups is 1. The lowest BCUT2D eigenvalue weighted by Crippen LogP contribution is -2.23. The van der Waals surface area contributed by atoms with Crippen LogP contribution in [0.2, 0.25) is 5.02 Å². The average Bonchev–Trinajstić information content (AvgIpc) is 2.26. The summed E-state index contributed by atoms with van der Waals surface area (Å²) in [5.41, 5.74) is -0.292. The number of halogens is 2. The monoisotopic (exact) mass is 258 g/mol. The number of benzene rings is 1. The average molecular weight is 259 g/mol.